The summed E-state index contributed by atoms with van der Waals surface area (Å²) in [4.78, 5) is 56.7. The molecule has 0 unspecified atom stereocenters. The summed E-state index contributed by atoms with van der Waals surface area (Å²) in [6.45, 7) is 10.5. The highest BCUT2D eigenvalue weighted by molar-refractivity contribution is 8.00. The molecular formula is C29H44N6O8S2. The Kier molecular flexibility index (Phi) is 12.3. The van der Waals surface area contributed by atoms with Crippen LogP contribution in [0.1, 0.15) is 66.4 Å². The highest BCUT2D eigenvalue weighted by atomic mass is 32.2. The highest BCUT2D eigenvalue weighted by Gasteiger charge is 2.47. The number of benzene rings is 1. The van der Waals surface area contributed by atoms with Crippen molar-refractivity contribution < 1.29 is 37.1 Å². The van der Waals surface area contributed by atoms with Crippen LogP contribution in [0.5, 0.6) is 0 Å². The second-order valence-corrected chi connectivity index (χ2v) is 15.6. The van der Waals surface area contributed by atoms with Crippen LogP contribution in [0.15, 0.2) is 35.3 Å². The van der Waals surface area contributed by atoms with E-state index in [1.165, 1.54) is 16.7 Å². The molecule has 4 N–H and O–H groups in total. The fraction of sp³-hybridized carbons (Fsp3) is 0.621. The number of guanidine groups is 1. The minimum absolute atomic E-state index is 0.122. The molecule has 45 heavy (non-hydrogen) atoms. The lowest BCUT2D eigenvalue weighted by Gasteiger charge is -2.36. The van der Waals surface area contributed by atoms with E-state index in [9.17, 15) is 27.6 Å². The number of carbonyl (C=O) groups is 4. The predicted molar refractivity (Wildman–Crippen MR) is 171 cm³/mol. The number of rotatable bonds is 9. The highest BCUT2D eigenvalue weighted by Crippen LogP contribution is 2.36. The van der Waals surface area contributed by atoms with Crippen molar-refractivity contribution in [3.63, 3.8) is 0 Å². The van der Waals surface area contributed by atoms with Gasteiger partial charge in [-0.3, -0.25) is 25.2 Å². The van der Waals surface area contributed by atoms with Gasteiger partial charge in [0.25, 0.3) is 0 Å². The lowest BCUT2D eigenvalue weighted by Crippen LogP contribution is -2.59. The minimum atomic E-state index is -3.78. The zero-order valence-electron chi connectivity index (χ0n) is 26.5. The van der Waals surface area contributed by atoms with Crippen LogP contribution < -0.4 is 20.7 Å². The Labute approximate surface area is 268 Å². The van der Waals surface area contributed by atoms with Crippen molar-refractivity contribution in [2.75, 3.05) is 18.8 Å². The zero-order chi connectivity index (χ0) is 33.4. The second-order valence-electron chi connectivity index (χ2n) is 12.7. The maximum atomic E-state index is 13.4. The number of nitrogens with zero attached hydrogens (tertiary/aromatic N) is 2. The third-order valence-electron chi connectivity index (χ3n) is 6.31. The molecule has 3 rings (SSSR count). The molecular weight excluding hydrogens is 624 g/mol. The van der Waals surface area contributed by atoms with Crippen LogP contribution in [-0.2, 0) is 34.8 Å². The fourth-order valence-electron chi connectivity index (χ4n) is 4.57. The standard InChI is InChI=1S/C29H44N6O8S2/c1-28(2,3)42-26(38)32-25(33-27(39)43-29(4,5)6)31-16-10-15-30-23(36)21-17-44-22-14-13-20(24(37)35(21)22)34-45(40,41)18-19-11-8-7-9-12-19/h7-9,11-12,20-22,34H,10,13-18H2,1-6H3,(H,30,36)(H2,31,32,33,38,39)/t20-,21-,22-/m0/s1. The number of aliphatic imine (C=N–C) groups is 1. The van der Waals surface area contributed by atoms with Gasteiger partial charge in [0.1, 0.15) is 23.3 Å². The first-order chi connectivity index (χ1) is 20.9. The van der Waals surface area contributed by atoms with Crippen molar-refractivity contribution in [3.05, 3.63) is 35.9 Å². The molecule has 0 radical (unpaired) electrons. The molecule has 2 aliphatic rings. The average Bonchev–Trinajstić information content (AvgIpc) is 3.33. The van der Waals surface area contributed by atoms with E-state index in [1.54, 1.807) is 71.9 Å². The third-order valence-corrected chi connectivity index (χ3v) is 9.03. The van der Waals surface area contributed by atoms with Crippen molar-refractivity contribution in [1.82, 2.24) is 25.6 Å². The van der Waals surface area contributed by atoms with Gasteiger partial charge in [0.05, 0.1) is 11.1 Å². The van der Waals surface area contributed by atoms with Gasteiger partial charge in [-0.15, -0.1) is 11.8 Å². The number of carbonyl (C=O) groups excluding carboxylic acids is 4. The number of nitrogens with one attached hydrogen (secondary N) is 4. The molecule has 0 aliphatic carbocycles. The molecule has 2 fully saturated rings. The third kappa shape index (κ3) is 12.2. The van der Waals surface area contributed by atoms with Gasteiger partial charge in [-0.1, -0.05) is 30.3 Å². The summed E-state index contributed by atoms with van der Waals surface area (Å²) in [5, 5.41) is 7.41. The predicted octanol–water partition coefficient (Wildman–Crippen LogP) is 2.45. The topological polar surface area (TPSA) is 185 Å². The quantitative estimate of drug-likeness (QED) is 0.174. The van der Waals surface area contributed by atoms with Crippen molar-refractivity contribution >= 4 is 51.7 Å². The van der Waals surface area contributed by atoms with E-state index in [0.717, 1.165) is 0 Å². The number of thioether (sulfide) groups is 1. The maximum absolute atomic E-state index is 13.4. The van der Waals surface area contributed by atoms with Gasteiger partial charge in [-0.2, -0.15) is 0 Å². The van der Waals surface area contributed by atoms with Gasteiger partial charge in [0.2, 0.25) is 27.8 Å². The minimum Gasteiger partial charge on any atom is -0.444 e. The van der Waals surface area contributed by atoms with Crippen LogP contribution in [0.25, 0.3) is 0 Å². The lowest BCUT2D eigenvalue weighted by atomic mass is 10.0. The van der Waals surface area contributed by atoms with Crippen LogP contribution >= 0.6 is 11.8 Å². The second kappa shape index (κ2) is 15.3. The zero-order valence-corrected chi connectivity index (χ0v) is 28.2. The number of alkyl carbamates (subject to hydrolysis) is 2. The number of amides is 4. The van der Waals surface area contributed by atoms with E-state index in [1.807, 2.05) is 0 Å². The molecule has 0 bridgehead atoms. The van der Waals surface area contributed by atoms with Crippen molar-refractivity contribution in [2.45, 2.75) is 95.2 Å². The molecule has 3 atom stereocenters. The van der Waals surface area contributed by atoms with Crippen molar-refractivity contribution in [1.29, 1.82) is 0 Å². The van der Waals surface area contributed by atoms with Crippen LogP contribution in [-0.4, -0.2) is 90.8 Å². The van der Waals surface area contributed by atoms with Gasteiger partial charge in [0, 0.05) is 18.8 Å². The van der Waals surface area contributed by atoms with Gasteiger partial charge >= 0.3 is 12.2 Å². The maximum Gasteiger partial charge on any atom is 0.414 e. The van der Waals surface area contributed by atoms with Crippen LogP contribution in [0.3, 0.4) is 0 Å². The average molecular weight is 669 g/mol. The van der Waals surface area contributed by atoms with E-state index in [2.05, 4.69) is 25.7 Å². The molecule has 2 aliphatic heterocycles. The first-order valence-corrected chi connectivity index (χ1v) is 17.4. The molecule has 1 aromatic rings. The van der Waals surface area contributed by atoms with Gasteiger partial charge in [-0.05, 0) is 66.4 Å². The fourth-order valence-corrected chi connectivity index (χ4v) is 7.37. The number of hydrogen-bond donors (Lipinski definition) is 4. The van der Waals surface area contributed by atoms with E-state index in [-0.39, 0.29) is 36.1 Å². The first-order valence-electron chi connectivity index (χ1n) is 14.7. The Balaban J connectivity index is 1.54. The number of sulfonamides is 1. The molecule has 250 valence electrons. The van der Waals surface area contributed by atoms with E-state index in [4.69, 9.17) is 9.47 Å². The summed E-state index contributed by atoms with van der Waals surface area (Å²) in [6.07, 6.45) is -0.368. The Bertz CT molecular complexity index is 1330. The Morgan fingerprint density at radius 1 is 0.978 bits per heavy atom. The lowest BCUT2D eigenvalue weighted by molar-refractivity contribution is -0.143. The SMILES string of the molecule is CC(C)(C)OC(=O)NC(=NCCCNC(=O)[C@@H]1CS[C@H]2CC[C@H](NS(=O)(=O)Cc3ccccc3)C(=O)N21)NC(=O)OC(C)(C)C. The van der Waals surface area contributed by atoms with Crippen LogP contribution in [0.2, 0.25) is 0 Å². The molecule has 1 aromatic carbocycles. The number of hydrogen-bond acceptors (Lipinski definition) is 10. The summed E-state index contributed by atoms with van der Waals surface area (Å²) < 4.78 is 38.5. The van der Waals surface area contributed by atoms with Crippen LogP contribution in [0.4, 0.5) is 9.59 Å². The summed E-state index contributed by atoms with van der Waals surface area (Å²) in [6, 6.07) is 7.02. The molecule has 2 heterocycles. The van der Waals surface area contributed by atoms with Gasteiger partial charge in [0.15, 0.2) is 0 Å². The Morgan fingerprint density at radius 3 is 2.16 bits per heavy atom. The Morgan fingerprint density at radius 2 is 1.58 bits per heavy atom. The van der Waals surface area contributed by atoms with Gasteiger partial charge < -0.3 is 19.7 Å². The van der Waals surface area contributed by atoms with Crippen molar-refractivity contribution in [2.24, 2.45) is 4.99 Å². The Hall–Kier alpha value is -3.37. The first kappa shape index (κ1) is 36.1. The largest absolute Gasteiger partial charge is 0.444 e. The molecule has 0 saturated carbocycles. The molecule has 2 saturated heterocycles. The molecule has 4 amide bonds. The van der Waals surface area contributed by atoms with Gasteiger partial charge in [-0.25, -0.2) is 22.7 Å². The molecule has 0 aromatic heterocycles. The normalized spacial score (nSPS) is 20.1. The molecule has 0 spiro atoms. The summed E-state index contributed by atoms with van der Waals surface area (Å²) in [5.74, 6) is -0.782. The smallest absolute Gasteiger partial charge is 0.414 e. The summed E-state index contributed by atoms with van der Waals surface area (Å²) in [5.41, 5.74) is -0.936. The number of piperidine rings is 1. The molecule has 14 nitrogen and oxygen atoms in total. The monoisotopic (exact) mass is 668 g/mol. The number of fused-ring (bicyclic) bond motifs is 1. The van der Waals surface area contributed by atoms with Crippen LogP contribution in [0, 0.1) is 0 Å². The van der Waals surface area contributed by atoms with E-state index < -0.39 is 51.4 Å². The summed E-state index contributed by atoms with van der Waals surface area (Å²) >= 11 is 1.50. The van der Waals surface area contributed by atoms with E-state index >= 15 is 0 Å². The molecule has 16 heteroatoms. The number of ether oxygens (including phenoxy) is 2. The van der Waals surface area contributed by atoms with E-state index in [0.29, 0.717) is 30.6 Å². The van der Waals surface area contributed by atoms with Crippen molar-refractivity contribution in [3.8, 4) is 0 Å². The summed E-state index contributed by atoms with van der Waals surface area (Å²) in [7, 11) is -3.78.